The van der Waals surface area contributed by atoms with Gasteiger partial charge in [-0.3, -0.25) is 4.79 Å². The average Bonchev–Trinajstić information content (AvgIpc) is 3.43. The van der Waals surface area contributed by atoms with E-state index in [2.05, 4.69) is 32.8 Å². The molecule has 2 aliphatic heterocycles. The second kappa shape index (κ2) is 10.1. The fraction of sp³-hybridized carbons (Fsp3) is 0.429. The van der Waals surface area contributed by atoms with Crippen LogP contribution in [0.5, 0.6) is 0 Å². The zero-order chi connectivity index (χ0) is 24.4. The number of hydrogen-bond acceptors (Lipinski definition) is 6. The standard InChI is InChI=1S/C28H34N6O/c1-3-24-26(21-7-9-25(29)30-17-21)27(32-18-31-24)20-6-8-23(19(2)16-20)28(35)34-14-10-22(11-15-34)33-12-4-5-13-33/h6-9,16-18,22H,3-5,10-15H2,1-2H3,(H2,29,30). The van der Waals surface area contributed by atoms with Crippen LogP contribution in [0.15, 0.2) is 42.9 Å². The number of benzene rings is 1. The molecule has 2 N–H and O–H groups in total. The molecule has 2 saturated heterocycles. The van der Waals surface area contributed by atoms with Crippen molar-refractivity contribution in [1.29, 1.82) is 0 Å². The van der Waals surface area contributed by atoms with E-state index in [1.54, 1.807) is 18.6 Å². The first kappa shape index (κ1) is 23.4. The molecule has 1 amide bonds. The quantitative estimate of drug-likeness (QED) is 0.596. The van der Waals surface area contributed by atoms with Gasteiger partial charge in [-0.05, 0) is 81.9 Å². The van der Waals surface area contributed by atoms with Gasteiger partial charge in [0.25, 0.3) is 5.91 Å². The molecule has 2 aliphatic rings. The molecule has 0 radical (unpaired) electrons. The van der Waals surface area contributed by atoms with E-state index in [0.717, 1.165) is 71.6 Å². The van der Waals surface area contributed by atoms with Crippen molar-refractivity contribution < 1.29 is 4.79 Å². The number of piperidine rings is 1. The van der Waals surface area contributed by atoms with Gasteiger partial charge in [0.15, 0.2) is 0 Å². The summed E-state index contributed by atoms with van der Waals surface area (Å²) in [5, 5.41) is 0. The Morgan fingerprint density at radius 1 is 1.00 bits per heavy atom. The van der Waals surface area contributed by atoms with Gasteiger partial charge in [-0.25, -0.2) is 15.0 Å². The molecule has 3 aromatic rings. The van der Waals surface area contributed by atoms with Crippen LogP contribution in [0.1, 0.15) is 54.2 Å². The number of nitrogens with two attached hydrogens (primary N) is 1. The van der Waals surface area contributed by atoms with Gasteiger partial charge < -0.3 is 15.5 Å². The number of rotatable bonds is 5. The third kappa shape index (κ3) is 4.78. The Balaban J connectivity index is 1.39. The van der Waals surface area contributed by atoms with E-state index in [1.807, 2.05) is 30.0 Å². The lowest BCUT2D eigenvalue weighted by molar-refractivity contribution is 0.0644. The van der Waals surface area contributed by atoms with Crippen molar-refractivity contribution in [3.05, 3.63) is 59.7 Å². The molecule has 7 heteroatoms. The minimum atomic E-state index is 0.133. The lowest BCUT2D eigenvalue weighted by atomic mass is 9.95. The maximum atomic E-state index is 13.4. The van der Waals surface area contributed by atoms with Crippen LogP contribution in [0, 0.1) is 6.92 Å². The first-order valence-corrected chi connectivity index (χ1v) is 12.7. The summed E-state index contributed by atoms with van der Waals surface area (Å²) >= 11 is 0. The zero-order valence-electron chi connectivity index (χ0n) is 20.7. The van der Waals surface area contributed by atoms with Gasteiger partial charge in [0.2, 0.25) is 0 Å². The highest BCUT2D eigenvalue weighted by atomic mass is 16.2. The molecule has 5 rings (SSSR count). The number of aryl methyl sites for hydroxylation is 2. The highest BCUT2D eigenvalue weighted by molar-refractivity contribution is 5.96. The Labute approximate surface area is 207 Å². The van der Waals surface area contributed by atoms with E-state index in [4.69, 9.17) is 5.73 Å². The van der Waals surface area contributed by atoms with E-state index in [1.165, 1.54) is 25.9 Å². The van der Waals surface area contributed by atoms with Gasteiger partial charge in [0.1, 0.15) is 12.1 Å². The summed E-state index contributed by atoms with van der Waals surface area (Å²) in [7, 11) is 0. The number of nitrogens with zero attached hydrogens (tertiary/aromatic N) is 5. The summed E-state index contributed by atoms with van der Waals surface area (Å²) in [5.41, 5.74) is 12.2. The van der Waals surface area contributed by atoms with Crippen LogP contribution in [-0.4, -0.2) is 62.9 Å². The molecule has 2 fully saturated rings. The minimum absolute atomic E-state index is 0.133. The number of nitrogen functional groups attached to an aromatic ring is 1. The Morgan fingerprint density at radius 2 is 1.74 bits per heavy atom. The highest BCUT2D eigenvalue weighted by Gasteiger charge is 2.29. The molecule has 0 spiro atoms. The Kier molecular flexibility index (Phi) is 6.77. The molecule has 2 aromatic heterocycles. The van der Waals surface area contributed by atoms with Gasteiger partial charge in [-0.15, -0.1) is 0 Å². The Hall–Kier alpha value is -3.32. The van der Waals surface area contributed by atoms with Crippen molar-refractivity contribution in [2.24, 2.45) is 0 Å². The van der Waals surface area contributed by atoms with Crippen molar-refractivity contribution in [3.8, 4) is 22.4 Å². The number of hydrogen-bond donors (Lipinski definition) is 1. The van der Waals surface area contributed by atoms with E-state index in [9.17, 15) is 4.79 Å². The molecule has 1 aromatic carbocycles. The minimum Gasteiger partial charge on any atom is -0.384 e. The van der Waals surface area contributed by atoms with Gasteiger partial charge in [0, 0.05) is 47.6 Å². The molecule has 0 atom stereocenters. The molecular formula is C28H34N6O. The van der Waals surface area contributed by atoms with Crippen LogP contribution in [0.2, 0.25) is 0 Å². The topological polar surface area (TPSA) is 88.2 Å². The summed E-state index contributed by atoms with van der Waals surface area (Å²) in [5.74, 6) is 0.613. The SMILES string of the molecule is CCc1ncnc(-c2ccc(C(=O)N3CCC(N4CCCC4)CC3)c(C)c2)c1-c1ccc(N)nc1. The van der Waals surface area contributed by atoms with Crippen molar-refractivity contribution in [3.63, 3.8) is 0 Å². The summed E-state index contributed by atoms with van der Waals surface area (Å²) in [6, 6.07) is 10.4. The smallest absolute Gasteiger partial charge is 0.254 e. The van der Waals surface area contributed by atoms with Crippen LogP contribution in [0.3, 0.4) is 0 Å². The normalized spacial score (nSPS) is 17.1. The van der Waals surface area contributed by atoms with Crippen molar-refractivity contribution in [2.75, 3.05) is 31.9 Å². The molecule has 35 heavy (non-hydrogen) atoms. The second-order valence-corrected chi connectivity index (χ2v) is 9.67. The Bertz CT molecular complexity index is 1190. The molecule has 4 heterocycles. The molecule has 182 valence electrons. The number of carbonyl (C=O) groups is 1. The number of likely N-dealkylation sites (tertiary alicyclic amines) is 2. The number of carbonyl (C=O) groups excluding carboxylic acids is 1. The number of amides is 1. The van der Waals surface area contributed by atoms with Crippen LogP contribution in [0.25, 0.3) is 22.4 Å². The molecule has 7 nitrogen and oxygen atoms in total. The first-order chi connectivity index (χ1) is 17.0. The maximum absolute atomic E-state index is 13.4. The van der Waals surface area contributed by atoms with Crippen LogP contribution in [-0.2, 0) is 6.42 Å². The highest BCUT2D eigenvalue weighted by Crippen LogP contribution is 2.34. The maximum Gasteiger partial charge on any atom is 0.254 e. The van der Waals surface area contributed by atoms with Crippen LogP contribution < -0.4 is 5.73 Å². The summed E-state index contributed by atoms with van der Waals surface area (Å²) in [6.07, 6.45) is 8.93. The van der Waals surface area contributed by atoms with Crippen LogP contribution >= 0.6 is 0 Å². The van der Waals surface area contributed by atoms with Gasteiger partial charge in [-0.1, -0.05) is 13.0 Å². The number of aromatic nitrogens is 3. The predicted molar refractivity (Wildman–Crippen MR) is 139 cm³/mol. The van der Waals surface area contributed by atoms with E-state index >= 15 is 0 Å². The monoisotopic (exact) mass is 470 g/mol. The molecule has 0 bridgehead atoms. The number of pyridine rings is 1. The van der Waals surface area contributed by atoms with E-state index in [0.29, 0.717) is 11.9 Å². The van der Waals surface area contributed by atoms with Gasteiger partial charge in [0.05, 0.1) is 11.4 Å². The third-order valence-electron chi connectivity index (χ3n) is 7.47. The molecular weight excluding hydrogens is 436 g/mol. The first-order valence-electron chi connectivity index (χ1n) is 12.7. The van der Waals surface area contributed by atoms with E-state index in [-0.39, 0.29) is 5.91 Å². The van der Waals surface area contributed by atoms with Crippen LogP contribution in [0.4, 0.5) is 5.82 Å². The van der Waals surface area contributed by atoms with Crippen molar-refractivity contribution >= 4 is 11.7 Å². The Morgan fingerprint density at radius 3 is 2.40 bits per heavy atom. The van der Waals surface area contributed by atoms with Crippen molar-refractivity contribution in [1.82, 2.24) is 24.8 Å². The third-order valence-corrected chi connectivity index (χ3v) is 7.47. The van der Waals surface area contributed by atoms with Gasteiger partial charge >= 0.3 is 0 Å². The summed E-state index contributed by atoms with van der Waals surface area (Å²) in [6.45, 7) is 8.20. The largest absolute Gasteiger partial charge is 0.384 e. The second-order valence-electron chi connectivity index (χ2n) is 9.67. The zero-order valence-corrected chi connectivity index (χ0v) is 20.7. The van der Waals surface area contributed by atoms with Crippen molar-refractivity contribution in [2.45, 2.75) is 52.0 Å². The fourth-order valence-electron chi connectivity index (χ4n) is 5.53. The molecule has 0 aliphatic carbocycles. The summed E-state index contributed by atoms with van der Waals surface area (Å²) in [4.78, 5) is 31.4. The lowest BCUT2D eigenvalue weighted by Gasteiger charge is -2.36. The average molecular weight is 471 g/mol. The molecule has 0 saturated carbocycles. The summed E-state index contributed by atoms with van der Waals surface area (Å²) < 4.78 is 0. The molecule has 0 unspecified atom stereocenters. The lowest BCUT2D eigenvalue weighted by Crippen LogP contribution is -2.46. The fourth-order valence-corrected chi connectivity index (χ4v) is 5.53. The number of anilines is 1. The van der Waals surface area contributed by atoms with Gasteiger partial charge in [-0.2, -0.15) is 0 Å². The predicted octanol–water partition coefficient (Wildman–Crippen LogP) is 4.36. The van der Waals surface area contributed by atoms with E-state index < -0.39 is 0 Å².